The summed E-state index contributed by atoms with van der Waals surface area (Å²) >= 11 is 0. The number of esters is 2. The van der Waals surface area contributed by atoms with E-state index in [0.717, 1.165) is 0 Å². The molecule has 1 aliphatic rings. The molecule has 0 unspecified atom stereocenters. The van der Waals surface area contributed by atoms with Gasteiger partial charge in [0.25, 0.3) is 0 Å². The van der Waals surface area contributed by atoms with E-state index in [-0.39, 0.29) is 41.2 Å². The highest BCUT2D eigenvalue weighted by Gasteiger charge is 2.61. The standard InChI is InChI=1S/C22H28F2O5/c1-11(20(25)28-7)8-16-17(22(16,4)5)21(26)29-10-14-12(2)18(23)15(9-27-6)19(24)13(14)3/h8,16-17H,9-10H2,1-7H3/b11-8+/t16-,17+/m1/s1. The second-order valence-corrected chi connectivity index (χ2v) is 8.04. The average molecular weight is 410 g/mol. The minimum Gasteiger partial charge on any atom is -0.466 e. The Morgan fingerprint density at radius 2 is 1.59 bits per heavy atom. The lowest BCUT2D eigenvalue weighted by atomic mass is 9.98. The summed E-state index contributed by atoms with van der Waals surface area (Å²) in [6, 6.07) is 0. The molecular weight excluding hydrogens is 382 g/mol. The van der Waals surface area contributed by atoms with Crippen molar-refractivity contribution in [1.82, 2.24) is 0 Å². The summed E-state index contributed by atoms with van der Waals surface area (Å²) in [5.41, 5.74) is 0.683. The lowest BCUT2D eigenvalue weighted by Gasteiger charge is -2.16. The zero-order valence-corrected chi connectivity index (χ0v) is 17.9. The highest BCUT2D eigenvalue weighted by atomic mass is 19.1. The van der Waals surface area contributed by atoms with Crippen molar-refractivity contribution in [1.29, 1.82) is 0 Å². The van der Waals surface area contributed by atoms with Crippen molar-refractivity contribution in [2.24, 2.45) is 17.3 Å². The maximum atomic E-state index is 14.5. The second-order valence-electron chi connectivity index (χ2n) is 8.04. The third kappa shape index (κ3) is 4.34. The van der Waals surface area contributed by atoms with Crippen molar-refractivity contribution in [2.75, 3.05) is 14.2 Å². The van der Waals surface area contributed by atoms with E-state index in [0.29, 0.717) is 11.1 Å². The van der Waals surface area contributed by atoms with Gasteiger partial charge in [-0.15, -0.1) is 0 Å². The number of hydrogen-bond acceptors (Lipinski definition) is 5. The first kappa shape index (κ1) is 23.0. The Kier molecular flexibility index (Phi) is 6.83. The Morgan fingerprint density at radius 3 is 2.07 bits per heavy atom. The van der Waals surface area contributed by atoms with Crippen molar-refractivity contribution in [3.05, 3.63) is 45.5 Å². The van der Waals surface area contributed by atoms with Crippen LogP contribution in [-0.2, 0) is 37.0 Å². The fourth-order valence-electron chi connectivity index (χ4n) is 3.75. The Morgan fingerprint density at radius 1 is 1.03 bits per heavy atom. The third-order valence-corrected chi connectivity index (χ3v) is 5.84. The normalized spacial score (nSPS) is 20.4. The summed E-state index contributed by atoms with van der Waals surface area (Å²) in [5, 5.41) is 0. The number of rotatable bonds is 7. The summed E-state index contributed by atoms with van der Waals surface area (Å²) < 4.78 is 44.0. The Bertz CT molecular complexity index is 828. The van der Waals surface area contributed by atoms with Gasteiger partial charge in [-0.25, -0.2) is 13.6 Å². The van der Waals surface area contributed by atoms with E-state index in [2.05, 4.69) is 4.74 Å². The van der Waals surface area contributed by atoms with Crippen LogP contribution in [0, 0.1) is 42.7 Å². The van der Waals surface area contributed by atoms with Gasteiger partial charge in [0.15, 0.2) is 0 Å². The Hall–Kier alpha value is -2.28. The largest absolute Gasteiger partial charge is 0.466 e. The zero-order valence-electron chi connectivity index (χ0n) is 17.9. The van der Waals surface area contributed by atoms with Crippen LogP contribution in [0.5, 0.6) is 0 Å². The maximum absolute atomic E-state index is 14.5. The summed E-state index contributed by atoms with van der Waals surface area (Å²) in [5.74, 6) is -2.91. The molecule has 0 aliphatic heterocycles. The number of benzene rings is 1. The third-order valence-electron chi connectivity index (χ3n) is 5.84. The summed E-state index contributed by atoms with van der Waals surface area (Å²) in [4.78, 5) is 24.2. The number of halogens is 2. The molecule has 2 atom stereocenters. The highest BCUT2D eigenvalue weighted by Crippen LogP contribution is 2.60. The van der Waals surface area contributed by atoms with Crippen molar-refractivity contribution in [3.63, 3.8) is 0 Å². The van der Waals surface area contributed by atoms with Crippen LogP contribution in [0.15, 0.2) is 11.6 Å². The number of hydrogen-bond donors (Lipinski definition) is 0. The molecule has 0 heterocycles. The molecule has 29 heavy (non-hydrogen) atoms. The van der Waals surface area contributed by atoms with Crippen LogP contribution < -0.4 is 0 Å². The van der Waals surface area contributed by atoms with Crippen LogP contribution in [0.4, 0.5) is 8.78 Å². The molecular formula is C22H28F2O5. The molecule has 160 valence electrons. The van der Waals surface area contributed by atoms with Gasteiger partial charge in [-0.3, -0.25) is 4.79 Å². The molecule has 0 spiro atoms. The zero-order chi connectivity index (χ0) is 22.1. The molecule has 1 aromatic rings. The van der Waals surface area contributed by atoms with Gasteiger partial charge in [0.1, 0.15) is 18.2 Å². The van der Waals surface area contributed by atoms with Crippen molar-refractivity contribution in [3.8, 4) is 0 Å². The number of carbonyl (C=O) groups excluding carboxylic acids is 2. The van der Waals surface area contributed by atoms with Crippen molar-refractivity contribution >= 4 is 11.9 Å². The average Bonchev–Trinajstić information content (AvgIpc) is 3.22. The summed E-state index contributed by atoms with van der Waals surface area (Å²) in [7, 11) is 2.66. The van der Waals surface area contributed by atoms with Crippen LogP contribution >= 0.6 is 0 Å². The molecule has 0 amide bonds. The molecule has 0 bridgehead atoms. The number of ether oxygens (including phenoxy) is 3. The first-order valence-corrected chi connectivity index (χ1v) is 9.37. The molecule has 0 saturated heterocycles. The Labute approximate surface area is 170 Å². The van der Waals surface area contributed by atoms with Crippen molar-refractivity contribution < 1.29 is 32.6 Å². The highest BCUT2D eigenvalue weighted by molar-refractivity contribution is 5.88. The molecule has 0 radical (unpaired) electrons. The predicted molar refractivity (Wildman–Crippen MR) is 103 cm³/mol. The number of carbonyl (C=O) groups is 2. The van der Waals surface area contributed by atoms with E-state index >= 15 is 0 Å². The van der Waals surface area contributed by atoms with E-state index in [1.165, 1.54) is 28.1 Å². The maximum Gasteiger partial charge on any atom is 0.333 e. The summed E-state index contributed by atoms with van der Waals surface area (Å²) in [6.45, 7) is 8.08. The van der Waals surface area contributed by atoms with Gasteiger partial charge >= 0.3 is 11.9 Å². The lowest BCUT2D eigenvalue weighted by Crippen LogP contribution is -2.14. The van der Waals surface area contributed by atoms with Crippen molar-refractivity contribution in [2.45, 2.75) is 47.8 Å². The fourth-order valence-corrected chi connectivity index (χ4v) is 3.75. The first-order valence-electron chi connectivity index (χ1n) is 9.37. The minimum absolute atomic E-state index is 0.135. The van der Waals surface area contributed by atoms with Crippen LogP contribution in [-0.4, -0.2) is 26.2 Å². The van der Waals surface area contributed by atoms with Gasteiger partial charge in [-0.2, -0.15) is 0 Å². The lowest BCUT2D eigenvalue weighted by molar-refractivity contribution is -0.147. The monoisotopic (exact) mass is 410 g/mol. The minimum atomic E-state index is -0.692. The molecule has 7 heteroatoms. The molecule has 1 aromatic carbocycles. The number of methoxy groups -OCH3 is 2. The molecule has 0 N–H and O–H groups in total. The van der Waals surface area contributed by atoms with Gasteiger partial charge in [0, 0.05) is 23.8 Å². The molecule has 2 rings (SSSR count). The van der Waals surface area contributed by atoms with E-state index in [9.17, 15) is 18.4 Å². The quantitative estimate of drug-likeness (QED) is 0.499. The SMILES string of the molecule is COCc1c(F)c(C)c(COC(=O)[C@@H]2[C@@H](/C=C(\C)C(=O)OC)C2(C)C)c(C)c1F. The van der Waals surface area contributed by atoms with Crippen LogP contribution in [0.3, 0.4) is 0 Å². The topological polar surface area (TPSA) is 61.8 Å². The summed E-state index contributed by atoms with van der Waals surface area (Å²) in [6.07, 6.45) is 1.72. The van der Waals surface area contributed by atoms with E-state index in [1.807, 2.05) is 13.8 Å². The van der Waals surface area contributed by atoms with Gasteiger partial charge in [0.05, 0.1) is 19.6 Å². The van der Waals surface area contributed by atoms with Gasteiger partial charge in [-0.1, -0.05) is 19.9 Å². The van der Waals surface area contributed by atoms with Gasteiger partial charge in [-0.05, 0) is 43.2 Å². The smallest absolute Gasteiger partial charge is 0.333 e. The van der Waals surface area contributed by atoms with Crippen LogP contribution in [0.1, 0.15) is 43.0 Å². The van der Waals surface area contributed by atoms with Crippen LogP contribution in [0.25, 0.3) is 0 Å². The number of allylic oxidation sites excluding steroid dienone is 1. The molecule has 1 fully saturated rings. The first-order chi connectivity index (χ1) is 13.5. The Balaban J connectivity index is 2.17. The van der Waals surface area contributed by atoms with E-state index < -0.39 is 29.5 Å². The molecule has 5 nitrogen and oxygen atoms in total. The molecule has 0 aromatic heterocycles. The van der Waals surface area contributed by atoms with E-state index in [1.54, 1.807) is 13.0 Å². The van der Waals surface area contributed by atoms with Gasteiger partial charge in [0.2, 0.25) is 0 Å². The molecule has 1 saturated carbocycles. The molecule has 1 aliphatic carbocycles. The van der Waals surface area contributed by atoms with Gasteiger partial charge < -0.3 is 14.2 Å². The predicted octanol–water partition coefficient (Wildman–Crippen LogP) is 4.16. The van der Waals surface area contributed by atoms with Crippen LogP contribution in [0.2, 0.25) is 0 Å². The fraction of sp³-hybridized carbons (Fsp3) is 0.545. The van der Waals surface area contributed by atoms with E-state index in [4.69, 9.17) is 9.47 Å². The second kappa shape index (κ2) is 8.61.